The lowest BCUT2D eigenvalue weighted by Crippen LogP contribution is -2.00. The molecule has 0 bridgehead atoms. The summed E-state index contributed by atoms with van der Waals surface area (Å²) in [5.41, 5.74) is 11.6. The van der Waals surface area contributed by atoms with Gasteiger partial charge in [0.2, 0.25) is 0 Å². The fraction of sp³-hybridized carbons (Fsp3) is 0. The molecular weight excluding hydrogens is 725 g/mol. The van der Waals surface area contributed by atoms with Gasteiger partial charge in [0.05, 0.1) is 22.1 Å². The van der Waals surface area contributed by atoms with Crippen LogP contribution in [0.25, 0.3) is 112 Å². The number of benzene rings is 8. The van der Waals surface area contributed by atoms with E-state index in [0.29, 0.717) is 17.5 Å². The van der Waals surface area contributed by atoms with Crippen LogP contribution in [-0.4, -0.2) is 29.1 Å². The van der Waals surface area contributed by atoms with Gasteiger partial charge in [-0.2, -0.15) is 0 Å². The van der Waals surface area contributed by atoms with Gasteiger partial charge in [0.25, 0.3) is 0 Å². The molecule has 0 fully saturated rings. The second-order valence-corrected chi connectivity index (χ2v) is 14.7. The molecule has 8 aromatic carbocycles. The Morgan fingerprint density at radius 2 is 0.966 bits per heavy atom. The molecule has 12 rings (SSSR count). The first kappa shape index (κ1) is 33.0. The summed E-state index contributed by atoms with van der Waals surface area (Å²) < 4.78 is 11.1. The predicted molar refractivity (Wildman–Crippen MR) is 238 cm³/mol. The monoisotopic (exact) mass is 756 g/mol. The first-order valence-corrected chi connectivity index (χ1v) is 19.6. The molecule has 0 radical (unpaired) electrons. The van der Waals surface area contributed by atoms with Crippen LogP contribution in [0.15, 0.2) is 199 Å². The lowest BCUT2D eigenvalue weighted by atomic mass is 10.0. The molecule has 0 amide bonds. The average Bonchev–Trinajstić information content (AvgIpc) is 3.99. The third-order valence-corrected chi connectivity index (χ3v) is 11.2. The Hall–Kier alpha value is -8.16. The Bertz CT molecular complexity index is 3550. The van der Waals surface area contributed by atoms with Gasteiger partial charge in [0.15, 0.2) is 17.5 Å². The highest BCUT2D eigenvalue weighted by molar-refractivity contribution is 6.13. The van der Waals surface area contributed by atoms with Gasteiger partial charge in [-0.25, -0.2) is 19.9 Å². The fourth-order valence-corrected chi connectivity index (χ4v) is 8.52. The van der Waals surface area contributed by atoms with Crippen molar-refractivity contribution in [1.29, 1.82) is 0 Å². The molecule has 12 aromatic rings. The molecule has 0 atom stereocenters. The molecule has 0 aliphatic heterocycles. The molecule has 4 heterocycles. The number of imidazole rings is 1. The summed E-state index contributed by atoms with van der Waals surface area (Å²) in [7, 11) is 0. The van der Waals surface area contributed by atoms with Crippen LogP contribution >= 0.6 is 0 Å². The van der Waals surface area contributed by atoms with Crippen molar-refractivity contribution in [2.24, 2.45) is 0 Å². The lowest BCUT2D eigenvalue weighted by molar-refractivity contribution is 0.669. The third-order valence-electron chi connectivity index (χ3n) is 11.2. The van der Waals surface area contributed by atoms with Gasteiger partial charge >= 0.3 is 0 Å². The summed E-state index contributed by atoms with van der Waals surface area (Å²) in [5.74, 6) is 2.61. The Labute approximate surface area is 338 Å². The van der Waals surface area contributed by atoms with E-state index in [0.717, 1.165) is 94.2 Å². The highest BCUT2D eigenvalue weighted by Gasteiger charge is 2.21. The van der Waals surface area contributed by atoms with E-state index in [9.17, 15) is 0 Å². The minimum absolute atomic E-state index is 0.566. The van der Waals surface area contributed by atoms with Crippen LogP contribution in [0, 0.1) is 0 Å². The zero-order valence-corrected chi connectivity index (χ0v) is 31.6. The zero-order chi connectivity index (χ0) is 38.9. The normalized spacial score (nSPS) is 11.7. The number of para-hydroxylation sites is 5. The minimum Gasteiger partial charge on any atom is -0.456 e. The first-order chi connectivity index (χ1) is 29.2. The summed E-state index contributed by atoms with van der Waals surface area (Å²) in [5, 5.41) is 4.18. The smallest absolute Gasteiger partial charge is 0.164 e. The van der Waals surface area contributed by atoms with E-state index in [2.05, 4.69) is 137 Å². The summed E-state index contributed by atoms with van der Waals surface area (Å²) in [4.78, 5) is 20.7. The van der Waals surface area contributed by atoms with Crippen LogP contribution in [0.4, 0.5) is 0 Å². The molecule has 0 aliphatic carbocycles. The van der Waals surface area contributed by atoms with E-state index >= 15 is 0 Å². The van der Waals surface area contributed by atoms with Crippen LogP contribution < -0.4 is 0 Å². The van der Waals surface area contributed by atoms with Crippen LogP contribution in [-0.2, 0) is 0 Å². The quantitative estimate of drug-likeness (QED) is 0.169. The second kappa shape index (κ2) is 13.2. The van der Waals surface area contributed by atoms with Crippen LogP contribution in [0.2, 0.25) is 0 Å². The van der Waals surface area contributed by atoms with E-state index in [1.807, 2.05) is 66.7 Å². The predicted octanol–water partition coefficient (Wildman–Crippen LogP) is 12.9. The van der Waals surface area contributed by atoms with Crippen LogP contribution in [0.5, 0.6) is 0 Å². The van der Waals surface area contributed by atoms with Gasteiger partial charge in [0.1, 0.15) is 17.0 Å². The maximum absolute atomic E-state index is 6.54. The highest BCUT2D eigenvalue weighted by atomic mass is 16.3. The Morgan fingerprint density at radius 3 is 1.76 bits per heavy atom. The number of aromatic nitrogens is 6. The van der Waals surface area contributed by atoms with Gasteiger partial charge in [-0.15, -0.1) is 0 Å². The van der Waals surface area contributed by atoms with Crippen molar-refractivity contribution in [3.63, 3.8) is 0 Å². The standard InChI is InChI=1S/C52H32N6O/c1-4-15-33(16-5-1)49-54-50(34-27-29-44-40(31-34)38-21-10-12-24-43(38)57(44)36-17-6-2-7-18-36)56-51(55-49)39-22-14-26-47-48(39)41-32-35(28-30-46(41)59-47)52-53-42-23-11-13-25-45(42)58(52)37-19-8-3-9-20-37/h1-32H. The minimum atomic E-state index is 0.566. The van der Waals surface area contributed by atoms with Crippen LogP contribution in [0.1, 0.15) is 0 Å². The van der Waals surface area contributed by atoms with Crippen molar-refractivity contribution in [2.75, 3.05) is 0 Å². The van der Waals surface area contributed by atoms with Gasteiger partial charge in [0, 0.05) is 55.2 Å². The average molecular weight is 757 g/mol. The van der Waals surface area contributed by atoms with Gasteiger partial charge in [-0.3, -0.25) is 4.57 Å². The van der Waals surface area contributed by atoms with Crippen molar-refractivity contribution in [1.82, 2.24) is 29.1 Å². The van der Waals surface area contributed by atoms with Crippen LogP contribution in [0.3, 0.4) is 0 Å². The van der Waals surface area contributed by atoms with Crippen molar-refractivity contribution in [2.45, 2.75) is 0 Å². The van der Waals surface area contributed by atoms with E-state index in [1.54, 1.807) is 0 Å². The van der Waals surface area contributed by atoms with Crippen molar-refractivity contribution in [3.05, 3.63) is 194 Å². The summed E-state index contributed by atoms with van der Waals surface area (Å²) >= 11 is 0. The molecule has 0 saturated carbocycles. The maximum atomic E-state index is 6.54. The Morgan fingerprint density at radius 1 is 0.356 bits per heavy atom. The number of furan rings is 1. The van der Waals surface area contributed by atoms with Gasteiger partial charge in [-0.05, 0) is 84.9 Å². The summed E-state index contributed by atoms with van der Waals surface area (Å²) in [6.45, 7) is 0. The summed E-state index contributed by atoms with van der Waals surface area (Å²) in [6, 6.07) is 66.7. The SMILES string of the molecule is c1ccc(-c2nc(-c3ccc4c(c3)c3ccccc3n4-c3ccccc3)nc(-c3cccc4oc5ccc(-c6nc7ccccc7n6-c6ccccc6)cc5c34)n2)cc1. The number of fused-ring (bicyclic) bond motifs is 7. The first-order valence-electron chi connectivity index (χ1n) is 19.6. The third kappa shape index (κ3) is 5.36. The molecule has 4 aromatic heterocycles. The molecule has 0 spiro atoms. The molecule has 0 unspecified atom stereocenters. The number of hydrogen-bond acceptors (Lipinski definition) is 5. The molecule has 0 saturated heterocycles. The molecular formula is C52H32N6O. The maximum Gasteiger partial charge on any atom is 0.164 e. The molecule has 0 aliphatic rings. The second-order valence-electron chi connectivity index (χ2n) is 14.7. The summed E-state index contributed by atoms with van der Waals surface area (Å²) in [6.07, 6.45) is 0. The molecule has 7 heteroatoms. The van der Waals surface area contributed by atoms with Crippen molar-refractivity contribution in [3.8, 4) is 56.9 Å². The van der Waals surface area contributed by atoms with E-state index in [-0.39, 0.29) is 0 Å². The largest absolute Gasteiger partial charge is 0.456 e. The van der Waals surface area contributed by atoms with Gasteiger partial charge < -0.3 is 8.98 Å². The van der Waals surface area contributed by atoms with E-state index in [4.69, 9.17) is 24.4 Å². The lowest BCUT2D eigenvalue weighted by Gasteiger charge is -2.11. The number of hydrogen-bond donors (Lipinski definition) is 0. The van der Waals surface area contributed by atoms with E-state index < -0.39 is 0 Å². The van der Waals surface area contributed by atoms with Crippen molar-refractivity contribution < 1.29 is 4.42 Å². The molecule has 59 heavy (non-hydrogen) atoms. The highest BCUT2D eigenvalue weighted by Crippen LogP contribution is 2.40. The van der Waals surface area contributed by atoms with E-state index in [1.165, 1.54) is 0 Å². The molecule has 7 nitrogen and oxygen atoms in total. The zero-order valence-electron chi connectivity index (χ0n) is 31.6. The number of nitrogens with zero attached hydrogens (tertiary/aromatic N) is 6. The van der Waals surface area contributed by atoms with Gasteiger partial charge in [-0.1, -0.05) is 109 Å². The fourth-order valence-electron chi connectivity index (χ4n) is 8.52. The Kier molecular flexibility index (Phi) is 7.40. The Balaban J connectivity index is 1.07. The molecule has 0 N–H and O–H groups in total. The van der Waals surface area contributed by atoms with Crippen molar-refractivity contribution >= 4 is 54.8 Å². The number of rotatable bonds is 6. The topological polar surface area (TPSA) is 74.6 Å². The molecule has 276 valence electrons.